The molecule has 1 saturated heterocycles. The second kappa shape index (κ2) is 6.60. The van der Waals surface area contributed by atoms with Crippen molar-refractivity contribution in [2.45, 2.75) is 31.3 Å². The highest BCUT2D eigenvalue weighted by Crippen LogP contribution is 2.33. The number of hydrogen-bond donors (Lipinski definition) is 1. The van der Waals surface area contributed by atoms with Crippen LogP contribution in [0.3, 0.4) is 0 Å². The van der Waals surface area contributed by atoms with E-state index < -0.39 is 6.10 Å². The van der Waals surface area contributed by atoms with Crippen molar-refractivity contribution in [2.75, 3.05) is 13.1 Å². The van der Waals surface area contributed by atoms with Crippen molar-refractivity contribution in [1.82, 2.24) is 4.90 Å². The summed E-state index contributed by atoms with van der Waals surface area (Å²) in [5, 5.41) is 10.1. The zero-order chi connectivity index (χ0) is 17.4. The predicted molar refractivity (Wildman–Crippen MR) is 96.2 cm³/mol. The highest BCUT2D eigenvalue weighted by molar-refractivity contribution is 6.30. The molecule has 2 aromatic carbocycles. The number of aromatic hydroxyl groups is 1. The number of ether oxygens (including phenoxy) is 1. The van der Waals surface area contributed by atoms with Crippen LogP contribution in [0.15, 0.2) is 42.5 Å². The van der Waals surface area contributed by atoms with E-state index in [4.69, 9.17) is 16.3 Å². The number of benzene rings is 2. The third-order valence-corrected chi connectivity index (χ3v) is 5.38. The molecule has 2 aromatic rings. The van der Waals surface area contributed by atoms with Crippen LogP contribution in [0.25, 0.3) is 0 Å². The number of nitrogens with zero attached hydrogens (tertiary/aromatic N) is 1. The number of rotatable bonds is 2. The largest absolute Gasteiger partial charge is 0.508 e. The number of phenolic OH excluding ortho intramolecular Hbond substituents is 1. The Bertz CT molecular complexity index is 782. The fourth-order valence-electron chi connectivity index (χ4n) is 3.74. The van der Waals surface area contributed by atoms with Gasteiger partial charge in [-0.1, -0.05) is 23.7 Å². The highest BCUT2D eigenvalue weighted by atomic mass is 35.5. The summed E-state index contributed by atoms with van der Waals surface area (Å²) in [5.41, 5.74) is 2.23. The summed E-state index contributed by atoms with van der Waals surface area (Å²) in [6.07, 6.45) is 2.02. The molecule has 0 saturated carbocycles. The first-order valence-corrected chi connectivity index (χ1v) is 9.01. The third-order valence-electron chi connectivity index (χ3n) is 5.14. The number of amides is 1. The van der Waals surface area contributed by atoms with Gasteiger partial charge in [-0.2, -0.15) is 0 Å². The molecule has 1 unspecified atom stereocenters. The van der Waals surface area contributed by atoms with Crippen LogP contribution in [0.2, 0.25) is 5.02 Å². The molecule has 1 atom stereocenters. The molecule has 2 heterocycles. The van der Waals surface area contributed by atoms with E-state index in [1.54, 1.807) is 18.2 Å². The molecule has 25 heavy (non-hydrogen) atoms. The molecule has 0 spiro atoms. The van der Waals surface area contributed by atoms with E-state index in [1.807, 2.05) is 29.2 Å². The van der Waals surface area contributed by atoms with E-state index in [0.717, 1.165) is 37.2 Å². The maximum absolute atomic E-state index is 12.8. The summed E-state index contributed by atoms with van der Waals surface area (Å²) in [7, 11) is 0. The summed E-state index contributed by atoms with van der Waals surface area (Å²) in [6, 6.07) is 12.9. The Balaban J connectivity index is 1.37. The monoisotopic (exact) mass is 357 g/mol. The first-order chi connectivity index (χ1) is 12.1. The van der Waals surface area contributed by atoms with Gasteiger partial charge in [-0.25, -0.2) is 0 Å². The Labute approximate surface area is 152 Å². The Morgan fingerprint density at radius 2 is 1.84 bits per heavy atom. The van der Waals surface area contributed by atoms with Crippen LogP contribution >= 0.6 is 11.6 Å². The van der Waals surface area contributed by atoms with Crippen molar-refractivity contribution in [3.05, 3.63) is 58.6 Å². The van der Waals surface area contributed by atoms with E-state index in [1.165, 1.54) is 5.56 Å². The van der Waals surface area contributed by atoms with Crippen molar-refractivity contribution < 1.29 is 14.6 Å². The third kappa shape index (κ3) is 3.31. The van der Waals surface area contributed by atoms with Crippen LogP contribution in [-0.4, -0.2) is 35.1 Å². The molecule has 2 aliphatic heterocycles. The van der Waals surface area contributed by atoms with E-state index >= 15 is 0 Å². The molecule has 0 radical (unpaired) electrons. The van der Waals surface area contributed by atoms with Gasteiger partial charge in [0.15, 0.2) is 6.10 Å². The molecule has 1 amide bonds. The van der Waals surface area contributed by atoms with Crippen LogP contribution in [0, 0.1) is 0 Å². The van der Waals surface area contributed by atoms with Crippen LogP contribution in [-0.2, 0) is 11.2 Å². The summed E-state index contributed by atoms with van der Waals surface area (Å²) in [5.74, 6) is 1.55. The second-order valence-electron chi connectivity index (χ2n) is 6.75. The molecule has 4 rings (SSSR count). The predicted octanol–water partition coefficient (Wildman–Crippen LogP) is 3.76. The van der Waals surface area contributed by atoms with Crippen molar-refractivity contribution in [2.24, 2.45) is 0 Å². The zero-order valence-corrected chi connectivity index (χ0v) is 14.6. The van der Waals surface area contributed by atoms with Crippen molar-refractivity contribution >= 4 is 17.5 Å². The second-order valence-corrected chi connectivity index (χ2v) is 7.19. The molecular weight excluding hydrogens is 338 g/mol. The van der Waals surface area contributed by atoms with Crippen molar-refractivity contribution in [3.8, 4) is 11.5 Å². The van der Waals surface area contributed by atoms with Gasteiger partial charge in [-0.3, -0.25) is 4.79 Å². The Kier molecular flexibility index (Phi) is 4.30. The van der Waals surface area contributed by atoms with Gasteiger partial charge in [-0.05, 0) is 60.2 Å². The van der Waals surface area contributed by atoms with Crippen molar-refractivity contribution in [1.29, 1.82) is 0 Å². The quantitative estimate of drug-likeness (QED) is 0.890. The Hall–Kier alpha value is -2.20. The number of carbonyl (C=O) groups is 1. The molecule has 1 fully saturated rings. The van der Waals surface area contributed by atoms with Crippen LogP contribution in [0.5, 0.6) is 11.5 Å². The molecule has 2 aliphatic rings. The van der Waals surface area contributed by atoms with E-state index in [-0.39, 0.29) is 11.7 Å². The van der Waals surface area contributed by atoms with Crippen LogP contribution < -0.4 is 4.74 Å². The Morgan fingerprint density at radius 1 is 1.12 bits per heavy atom. The molecular formula is C20H20ClNO3. The summed E-state index contributed by atoms with van der Waals surface area (Å²) in [6.45, 7) is 1.47. The van der Waals surface area contributed by atoms with E-state index in [2.05, 4.69) is 0 Å². The fraction of sp³-hybridized carbons (Fsp3) is 0.350. The normalized spacial score (nSPS) is 20.2. The standard InChI is InChI=1S/C20H20ClNO3/c21-16-3-6-18-15(11-16)12-19(25-18)20(24)22-9-7-14(8-10-22)13-1-4-17(23)5-2-13/h1-6,11,14,19,23H,7-10,12H2. The van der Waals surface area contributed by atoms with Gasteiger partial charge in [0.1, 0.15) is 11.5 Å². The van der Waals surface area contributed by atoms with E-state index in [0.29, 0.717) is 17.4 Å². The van der Waals surface area contributed by atoms with Gasteiger partial charge in [0.2, 0.25) is 0 Å². The van der Waals surface area contributed by atoms with Crippen molar-refractivity contribution in [3.63, 3.8) is 0 Å². The SMILES string of the molecule is O=C(C1Cc2cc(Cl)ccc2O1)N1CCC(c2ccc(O)cc2)CC1. The lowest BCUT2D eigenvalue weighted by Gasteiger charge is -2.33. The minimum atomic E-state index is -0.432. The van der Waals surface area contributed by atoms with Gasteiger partial charge in [0, 0.05) is 24.5 Å². The van der Waals surface area contributed by atoms with E-state index in [9.17, 15) is 9.90 Å². The molecule has 1 N–H and O–H groups in total. The lowest BCUT2D eigenvalue weighted by atomic mass is 9.89. The summed E-state index contributed by atoms with van der Waals surface area (Å²) < 4.78 is 5.82. The number of phenols is 1. The first kappa shape index (κ1) is 16.3. The van der Waals surface area contributed by atoms with Gasteiger partial charge in [0.25, 0.3) is 5.91 Å². The average Bonchev–Trinajstić information content (AvgIpc) is 3.05. The van der Waals surface area contributed by atoms with Gasteiger partial charge >= 0.3 is 0 Å². The molecule has 130 valence electrons. The molecule has 5 heteroatoms. The van der Waals surface area contributed by atoms with Gasteiger partial charge in [-0.15, -0.1) is 0 Å². The maximum atomic E-state index is 12.8. The van der Waals surface area contributed by atoms with Gasteiger partial charge in [0.05, 0.1) is 0 Å². The first-order valence-electron chi connectivity index (χ1n) is 8.63. The fourth-order valence-corrected chi connectivity index (χ4v) is 3.93. The number of hydrogen-bond acceptors (Lipinski definition) is 3. The molecule has 0 bridgehead atoms. The topological polar surface area (TPSA) is 49.8 Å². The van der Waals surface area contributed by atoms with Crippen LogP contribution in [0.1, 0.15) is 29.9 Å². The number of likely N-dealkylation sites (tertiary alicyclic amines) is 1. The number of fused-ring (bicyclic) bond motifs is 1. The maximum Gasteiger partial charge on any atom is 0.263 e. The lowest BCUT2D eigenvalue weighted by Crippen LogP contribution is -2.45. The number of carbonyl (C=O) groups excluding carboxylic acids is 1. The lowest BCUT2D eigenvalue weighted by molar-refractivity contribution is -0.139. The molecule has 4 nitrogen and oxygen atoms in total. The Morgan fingerprint density at radius 3 is 2.56 bits per heavy atom. The minimum absolute atomic E-state index is 0.0662. The average molecular weight is 358 g/mol. The molecule has 0 aromatic heterocycles. The zero-order valence-electron chi connectivity index (χ0n) is 13.8. The number of halogens is 1. The summed E-state index contributed by atoms with van der Waals surface area (Å²) in [4.78, 5) is 14.7. The number of piperidine rings is 1. The van der Waals surface area contributed by atoms with Crippen LogP contribution in [0.4, 0.5) is 0 Å². The molecule has 0 aliphatic carbocycles. The highest BCUT2D eigenvalue weighted by Gasteiger charge is 2.34. The minimum Gasteiger partial charge on any atom is -0.508 e. The smallest absolute Gasteiger partial charge is 0.263 e. The summed E-state index contributed by atoms with van der Waals surface area (Å²) >= 11 is 6.02. The van der Waals surface area contributed by atoms with Gasteiger partial charge < -0.3 is 14.7 Å².